The molecule has 160 valence electrons. The van der Waals surface area contributed by atoms with Gasteiger partial charge in [0.2, 0.25) is 15.9 Å². The van der Waals surface area contributed by atoms with Crippen LogP contribution in [-0.2, 0) is 20.6 Å². The second kappa shape index (κ2) is 9.11. The number of nitro benzene ring substituents is 1. The Labute approximate surface area is 180 Å². The molecule has 0 bridgehead atoms. The number of anilines is 1. The van der Waals surface area contributed by atoms with Crippen LogP contribution in [0, 0.1) is 23.0 Å². The minimum absolute atomic E-state index is 0.0696. The van der Waals surface area contributed by atoms with E-state index < -0.39 is 20.9 Å². The van der Waals surface area contributed by atoms with Gasteiger partial charge in [-0.05, 0) is 37.0 Å². The smallest absolute Gasteiger partial charge is 0.271 e. The first kappa shape index (κ1) is 22.2. The summed E-state index contributed by atoms with van der Waals surface area (Å²) in [6.07, 6.45) is 0.733. The highest BCUT2D eigenvalue weighted by Gasteiger charge is 2.31. The highest BCUT2D eigenvalue weighted by Crippen LogP contribution is 2.29. The number of sulfonamides is 1. The molecule has 10 heteroatoms. The van der Waals surface area contributed by atoms with E-state index in [1.807, 2.05) is 25.1 Å². The van der Waals surface area contributed by atoms with Crippen LogP contribution in [0.2, 0.25) is 5.02 Å². The molecule has 0 saturated carbocycles. The maximum absolute atomic E-state index is 12.8. The van der Waals surface area contributed by atoms with Crippen molar-refractivity contribution < 1.29 is 18.1 Å². The van der Waals surface area contributed by atoms with Gasteiger partial charge in [-0.3, -0.25) is 14.9 Å². The van der Waals surface area contributed by atoms with Crippen molar-refractivity contribution in [2.45, 2.75) is 25.5 Å². The van der Waals surface area contributed by atoms with E-state index in [1.54, 1.807) is 6.07 Å². The number of halogens is 1. The molecule has 1 N–H and O–H groups in total. The van der Waals surface area contributed by atoms with Crippen LogP contribution in [0.1, 0.15) is 24.0 Å². The van der Waals surface area contributed by atoms with Crippen LogP contribution in [0.15, 0.2) is 42.5 Å². The standard InChI is InChI=1S/C20H22ClN3O5S/c1-14-4-2-3-5-16(14)13-30(28,29)23-10-8-15(9-11-23)20(25)22-19-12-17(24(26)27)6-7-18(19)21/h2-7,12,15H,8-11,13H2,1H3,(H,22,25). The van der Waals surface area contributed by atoms with Crippen LogP contribution in [-0.4, -0.2) is 36.6 Å². The van der Waals surface area contributed by atoms with Crippen molar-refractivity contribution in [3.8, 4) is 0 Å². The Bertz CT molecular complexity index is 1070. The molecule has 0 spiro atoms. The van der Waals surface area contributed by atoms with Crippen molar-refractivity contribution in [3.63, 3.8) is 0 Å². The lowest BCUT2D eigenvalue weighted by molar-refractivity contribution is -0.384. The molecule has 30 heavy (non-hydrogen) atoms. The van der Waals surface area contributed by atoms with Crippen LogP contribution in [0.25, 0.3) is 0 Å². The average molecular weight is 452 g/mol. The number of hydrogen-bond acceptors (Lipinski definition) is 5. The number of non-ortho nitro benzene ring substituents is 1. The third-order valence-corrected chi connectivity index (χ3v) is 7.39. The Morgan fingerprint density at radius 2 is 1.90 bits per heavy atom. The van der Waals surface area contributed by atoms with E-state index in [0.717, 1.165) is 11.1 Å². The SMILES string of the molecule is Cc1ccccc1CS(=O)(=O)N1CCC(C(=O)Nc2cc([N+](=O)[O-])ccc2Cl)CC1. The zero-order valence-electron chi connectivity index (χ0n) is 16.4. The Balaban J connectivity index is 1.61. The van der Waals surface area contributed by atoms with Gasteiger partial charge in [-0.25, -0.2) is 12.7 Å². The quantitative estimate of drug-likeness (QED) is 0.531. The molecule has 2 aromatic carbocycles. The fraction of sp³-hybridized carbons (Fsp3) is 0.350. The summed E-state index contributed by atoms with van der Waals surface area (Å²) in [4.78, 5) is 22.9. The summed E-state index contributed by atoms with van der Waals surface area (Å²) < 4.78 is 26.9. The highest BCUT2D eigenvalue weighted by atomic mass is 35.5. The third kappa shape index (κ3) is 5.16. The predicted molar refractivity (Wildman–Crippen MR) is 115 cm³/mol. The fourth-order valence-corrected chi connectivity index (χ4v) is 5.24. The van der Waals surface area contributed by atoms with Crippen LogP contribution >= 0.6 is 11.6 Å². The van der Waals surface area contributed by atoms with Gasteiger partial charge in [0, 0.05) is 31.1 Å². The fourth-order valence-electron chi connectivity index (χ4n) is 3.41. The van der Waals surface area contributed by atoms with Crippen molar-refractivity contribution in [1.82, 2.24) is 4.31 Å². The maximum Gasteiger partial charge on any atom is 0.271 e. The summed E-state index contributed by atoms with van der Waals surface area (Å²) in [6, 6.07) is 11.2. The summed E-state index contributed by atoms with van der Waals surface area (Å²) >= 11 is 6.03. The zero-order valence-corrected chi connectivity index (χ0v) is 17.9. The predicted octanol–water partition coefficient (Wildman–Crippen LogP) is 3.74. The molecule has 0 radical (unpaired) electrons. The minimum atomic E-state index is -3.48. The van der Waals surface area contributed by atoms with E-state index in [9.17, 15) is 23.3 Å². The number of carbonyl (C=O) groups is 1. The summed E-state index contributed by atoms with van der Waals surface area (Å²) in [7, 11) is -3.48. The molecule has 1 aliphatic rings. The largest absolute Gasteiger partial charge is 0.324 e. The van der Waals surface area contributed by atoms with Crippen LogP contribution in [0.5, 0.6) is 0 Å². The number of benzene rings is 2. The number of piperidine rings is 1. The summed E-state index contributed by atoms with van der Waals surface area (Å²) in [5.74, 6) is -0.793. The molecule has 1 amide bonds. The van der Waals surface area contributed by atoms with E-state index in [2.05, 4.69) is 5.32 Å². The first-order valence-corrected chi connectivity index (χ1v) is 11.4. The Morgan fingerprint density at radius 3 is 2.53 bits per heavy atom. The number of hydrogen-bond donors (Lipinski definition) is 1. The summed E-state index contributed by atoms with van der Waals surface area (Å²) in [5, 5.41) is 13.8. The van der Waals surface area contributed by atoms with Gasteiger partial charge < -0.3 is 5.32 Å². The van der Waals surface area contributed by atoms with Crippen LogP contribution in [0.4, 0.5) is 11.4 Å². The van der Waals surface area contributed by atoms with E-state index >= 15 is 0 Å². The molecule has 0 unspecified atom stereocenters. The molecule has 0 aliphatic carbocycles. The second-order valence-corrected chi connectivity index (χ2v) is 9.64. The molecule has 1 fully saturated rings. The monoisotopic (exact) mass is 451 g/mol. The van der Waals surface area contributed by atoms with E-state index in [1.165, 1.54) is 22.5 Å². The molecule has 3 rings (SSSR count). The van der Waals surface area contributed by atoms with Gasteiger partial charge in [0.05, 0.1) is 21.4 Å². The topological polar surface area (TPSA) is 110 Å². The molecular weight excluding hydrogens is 430 g/mol. The summed E-state index contributed by atoms with van der Waals surface area (Å²) in [6.45, 7) is 2.37. The van der Waals surface area contributed by atoms with E-state index in [0.29, 0.717) is 12.8 Å². The van der Waals surface area contributed by atoms with Gasteiger partial charge in [0.1, 0.15) is 0 Å². The maximum atomic E-state index is 12.8. The molecule has 2 aromatic rings. The van der Waals surface area contributed by atoms with Crippen LogP contribution < -0.4 is 5.32 Å². The minimum Gasteiger partial charge on any atom is -0.324 e. The highest BCUT2D eigenvalue weighted by molar-refractivity contribution is 7.88. The molecule has 0 atom stereocenters. The number of amides is 1. The van der Waals surface area contributed by atoms with Crippen molar-refractivity contribution in [2.24, 2.45) is 5.92 Å². The van der Waals surface area contributed by atoms with Gasteiger partial charge in [-0.15, -0.1) is 0 Å². The number of nitro groups is 1. The molecule has 8 nitrogen and oxygen atoms in total. The Kier molecular flexibility index (Phi) is 6.74. The van der Waals surface area contributed by atoms with Crippen molar-refractivity contribution >= 4 is 38.9 Å². The third-order valence-electron chi connectivity index (χ3n) is 5.24. The van der Waals surface area contributed by atoms with Gasteiger partial charge in [0.15, 0.2) is 0 Å². The normalized spacial score (nSPS) is 15.7. The van der Waals surface area contributed by atoms with Gasteiger partial charge in [0.25, 0.3) is 5.69 Å². The zero-order chi connectivity index (χ0) is 21.9. The van der Waals surface area contributed by atoms with Gasteiger partial charge in [-0.1, -0.05) is 35.9 Å². The Morgan fingerprint density at radius 1 is 1.23 bits per heavy atom. The first-order valence-electron chi connectivity index (χ1n) is 9.44. The lowest BCUT2D eigenvalue weighted by Gasteiger charge is -2.30. The molecule has 1 heterocycles. The van der Waals surface area contributed by atoms with Crippen molar-refractivity contribution in [3.05, 3.63) is 68.7 Å². The average Bonchev–Trinajstić information content (AvgIpc) is 2.71. The van der Waals surface area contributed by atoms with Gasteiger partial charge >= 0.3 is 0 Å². The lowest BCUT2D eigenvalue weighted by Crippen LogP contribution is -2.42. The Hall–Kier alpha value is -2.49. The number of rotatable bonds is 6. The number of nitrogens with zero attached hydrogens (tertiary/aromatic N) is 2. The molecular formula is C20H22ClN3O5S. The van der Waals surface area contributed by atoms with E-state index in [-0.39, 0.29) is 41.1 Å². The molecule has 1 aliphatic heterocycles. The van der Waals surface area contributed by atoms with Crippen molar-refractivity contribution in [2.75, 3.05) is 18.4 Å². The first-order chi connectivity index (χ1) is 14.2. The number of carbonyl (C=O) groups excluding carboxylic acids is 1. The second-order valence-electron chi connectivity index (χ2n) is 7.27. The van der Waals surface area contributed by atoms with E-state index in [4.69, 9.17) is 11.6 Å². The lowest BCUT2D eigenvalue weighted by atomic mass is 9.97. The summed E-state index contributed by atoms with van der Waals surface area (Å²) in [5.41, 5.74) is 1.68. The van der Waals surface area contributed by atoms with Gasteiger partial charge in [-0.2, -0.15) is 0 Å². The van der Waals surface area contributed by atoms with Crippen molar-refractivity contribution in [1.29, 1.82) is 0 Å². The molecule has 1 saturated heterocycles. The number of aryl methyl sites for hydroxylation is 1. The van der Waals surface area contributed by atoms with Crippen LogP contribution in [0.3, 0.4) is 0 Å². The molecule has 0 aromatic heterocycles. The number of nitrogens with one attached hydrogen (secondary N) is 1.